The van der Waals surface area contributed by atoms with E-state index in [0.29, 0.717) is 73.7 Å². The van der Waals surface area contributed by atoms with E-state index in [-0.39, 0.29) is 31.2 Å². The van der Waals surface area contributed by atoms with Crippen molar-refractivity contribution in [2.75, 3.05) is 54.9 Å². The van der Waals surface area contributed by atoms with E-state index in [0.717, 1.165) is 35.5 Å². The lowest BCUT2D eigenvalue weighted by Crippen LogP contribution is -2.43. The lowest BCUT2D eigenvalue weighted by atomic mass is 9.69. The number of aliphatic hydroxyl groups excluding tert-OH is 1. The van der Waals surface area contributed by atoms with Gasteiger partial charge in [0.1, 0.15) is 13.1 Å². The molecule has 4 N–H and O–H groups in total. The van der Waals surface area contributed by atoms with Crippen molar-refractivity contribution in [3.8, 4) is 0 Å². The number of allylic oxidation sites excluding steroid dienone is 5. The lowest BCUT2D eigenvalue weighted by Gasteiger charge is -2.36. The Labute approximate surface area is 294 Å². The fourth-order valence-corrected chi connectivity index (χ4v) is 6.69. The Morgan fingerprint density at radius 1 is 0.918 bits per heavy atom. The first-order valence-corrected chi connectivity index (χ1v) is 19.1. The minimum Gasteiger partial charge on any atom is -0.466 e. The number of hydrogen-bond acceptors (Lipinski definition) is 15. The van der Waals surface area contributed by atoms with E-state index in [2.05, 4.69) is 23.3 Å². The third-order valence-electron chi connectivity index (χ3n) is 7.73. The van der Waals surface area contributed by atoms with E-state index in [4.69, 9.17) is 19.8 Å². The Morgan fingerprint density at radius 2 is 1.51 bits per heavy atom. The third-order valence-corrected chi connectivity index (χ3v) is 9.76. The van der Waals surface area contributed by atoms with E-state index in [1.54, 1.807) is 43.3 Å². The molecule has 0 aromatic heterocycles. The van der Waals surface area contributed by atoms with Gasteiger partial charge < -0.3 is 14.7 Å². The number of ketones is 1. The number of anilines is 1. The highest BCUT2D eigenvalue weighted by Gasteiger charge is 2.46. The highest BCUT2D eigenvalue weighted by atomic mass is 32.2. The van der Waals surface area contributed by atoms with Crippen molar-refractivity contribution >= 4 is 57.4 Å². The maximum Gasteiger partial charge on any atom is 0.305 e. The van der Waals surface area contributed by atoms with E-state index in [9.17, 15) is 23.1 Å². The Bertz CT molecular complexity index is 1430. The number of hydrogen-bond donors (Lipinski definition) is 4. The van der Waals surface area contributed by atoms with E-state index in [1.165, 1.54) is 0 Å². The lowest BCUT2D eigenvalue weighted by molar-refractivity contribution is -0.526. The van der Waals surface area contributed by atoms with E-state index in [1.807, 2.05) is 17.1 Å². The number of benzene rings is 1. The summed E-state index contributed by atoms with van der Waals surface area (Å²) in [5.74, 6) is -0.509. The maximum absolute atomic E-state index is 13.3. The Balaban J connectivity index is 1.68. The molecule has 2 unspecified atom stereocenters. The van der Waals surface area contributed by atoms with Crippen LogP contribution >= 0.6 is 24.1 Å². The molecule has 0 amide bonds. The van der Waals surface area contributed by atoms with Crippen LogP contribution in [0.3, 0.4) is 0 Å². The van der Waals surface area contributed by atoms with Gasteiger partial charge in [0.05, 0.1) is 24.4 Å². The number of nitrogens with zero attached hydrogens (tertiary/aromatic N) is 2. The van der Waals surface area contributed by atoms with Gasteiger partial charge in [0, 0.05) is 91.4 Å². The van der Waals surface area contributed by atoms with Crippen LogP contribution in [0.15, 0.2) is 59.7 Å². The molecule has 1 aromatic rings. The predicted molar refractivity (Wildman–Crippen MR) is 183 cm³/mol. The molecule has 0 heterocycles. The molecule has 0 bridgehead atoms. The zero-order valence-corrected chi connectivity index (χ0v) is 29.5. The van der Waals surface area contributed by atoms with Crippen LogP contribution in [0.4, 0.5) is 5.69 Å². The summed E-state index contributed by atoms with van der Waals surface area (Å²) in [6.07, 6.45) is 8.63. The highest BCUT2D eigenvalue weighted by molar-refractivity contribution is 7.94. The molecule has 3 rings (SSSR count). The molecule has 0 spiro atoms. The number of carbonyl (C=O) groups is 2. The highest BCUT2D eigenvalue weighted by Crippen LogP contribution is 2.41. The standard InChI is InChI=1S/C31H42N2O13S3/c1-2-42-27(34)7-3-16-32(19-6-22-49(39,40)41)25-12-8-23(9-13-25)28-30(35)29(31(28)36)24-10-14-26(15-11-24)33(17-4-20-47-45-43-37)18-5-21-48-46-44-38/h8-15,28,30,35H,2-7,16-22H2,1H3,(H2-,37,38,39,40,41)/p+1. The van der Waals surface area contributed by atoms with Crippen molar-refractivity contribution in [1.29, 1.82) is 0 Å². The second-order valence-electron chi connectivity index (χ2n) is 11.0. The van der Waals surface area contributed by atoms with Crippen LogP contribution in [0.2, 0.25) is 0 Å². The molecule has 0 aliphatic heterocycles. The number of aliphatic hydroxyl groups is 1. The fraction of sp³-hybridized carbons (Fsp3) is 0.516. The Hall–Kier alpha value is -2.62. The number of ether oxygens (including phenoxy) is 1. The summed E-state index contributed by atoms with van der Waals surface area (Å²) >= 11 is 1.94. The summed E-state index contributed by atoms with van der Waals surface area (Å²) in [4.78, 5) is 27.0. The van der Waals surface area contributed by atoms with Crippen molar-refractivity contribution < 1.29 is 66.2 Å². The number of carbonyl (C=O) groups excluding carboxylic acids is 2. The summed E-state index contributed by atoms with van der Waals surface area (Å²) in [5.41, 5.74) is 3.23. The first-order valence-electron chi connectivity index (χ1n) is 15.7. The number of esters is 1. The minimum absolute atomic E-state index is 0.177. The van der Waals surface area contributed by atoms with E-state index < -0.39 is 27.9 Å². The molecule has 0 radical (unpaired) electrons. The van der Waals surface area contributed by atoms with Crippen LogP contribution in [0.1, 0.15) is 50.5 Å². The summed E-state index contributed by atoms with van der Waals surface area (Å²) < 4.78 is 47.6. The molecule has 2 aliphatic rings. The quantitative estimate of drug-likeness (QED) is 0.0183. The van der Waals surface area contributed by atoms with Gasteiger partial charge in [-0.15, -0.1) is 8.67 Å². The summed E-state index contributed by atoms with van der Waals surface area (Å²) in [7, 11) is -4.12. The minimum atomic E-state index is -4.12. The Kier molecular flexibility index (Phi) is 18.0. The fourth-order valence-electron chi connectivity index (χ4n) is 5.48. The molecule has 15 nitrogen and oxygen atoms in total. The average Bonchev–Trinajstić information content (AvgIpc) is 3.07. The van der Waals surface area contributed by atoms with Gasteiger partial charge in [-0.2, -0.15) is 8.42 Å². The largest absolute Gasteiger partial charge is 0.466 e. The zero-order chi connectivity index (χ0) is 35.6. The second-order valence-corrected chi connectivity index (χ2v) is 14.1. The first-order chi connectivity index (χ1) is 23.6. The molecule has 1 aromatic carbocycles. The molecule has 1 fully saturated rings. The van der Waals surface area contributed by atoms with Gasteiger partial charge in [-0.3, -0.25) is 14.1 Å². The zero-order valence-electron chi connectivity index (χ0n) is 27.0. The summed E-state index contributed by atoms with van der Waals surface area (Å²) in [6, 6.07) is 7.09. The van der Waals surface area contributed by atoms with Crippen molar-refractivity contribution in [3.05, 3.63) is 65.3 Å². The van der Waals surface area contributed by atoms with Gasteiger partial charge >= 0.3 is 5.97 Å². The molecule has 2 aliphatic carbocycles. The topological polar surface area (TPSA) is 202 Å². The molecule has 18 heteroatoms. The predicted octanol–water partition coefficient (Wildman–Crippen LogP) is 3.94. The van der Waals surface area contributed by atoms with Crippen molar-refractivity contribution in [2.45, 2.75) is 51.0 Å². The van der Waals surface area contributed by atoms with Crippen LogP contribution in [-0.2, 0) is 43.2 Å². The van der Waals surface area contributed by atoms with Crippen LogP contribution in [0.5, 0.6) is 0 Å². The molecule has 2 atom stereocenters. The first kappa shape index (κ1) is 40.8. The average molecular weight is 748 g/mol. The smallest absolute Gasteiger partial charge is 0.305 e. The van der Waals surface area contributed by atoms with Gasteiger partial charge in [-0.05, 0) is 55.2 Å². The molecule has 0 saturated heterocycles. The summed E-state index contributed by atoms with van der Waals surface area (Å²) in [6.45, 7) is 4.08. The monoisotopic (exact) mass is 747 g/mol. The van der Waals surface area contributed by atoms with Gasteiger partial charge in [-0.1, -0.05) is 22.2 Å². The van der Waals surface area contributed by atoms with E-state index >= 15 is 0 Å². The third kappa shape index (κ3) is 13.6. The van der Waals surface area contributed by atoms with Gasteiger partial charge in [0.25, 0.3) is 10.1 Å². The van der Waals surface area contributed by atoms with Crippen LogP contribution in [0, 0.1) is 0 Å². The van der Waals surface area contributed by atoms with Crippen molar-refractivity contribution in [2.24, 2.45) is 0 Å². The molecular weight excluding hydrogens is 705 g/mol. The van der Waals surface area contributed by atoms with Crippen molar-refractivity contribution in [3.63, 3.8) is 0 Å². The SMILES string of the molecule is CCOC(=O)CCCN(CCCS(=O)(=O)O)c1ccc(C2C(=O)C(=C3C=CC(=[N+](CCCSOOO)CCCSOOO)C=C3)C2O)cc1. The summed E-state index contributed by atoms with van der Waals surface area (Å²) in [5, 5.41) is 34.9. The number of Topliss-reactive ketones (excluding diaryl/α,β-unsaturated/α-hetero) is 1. The van der Waals surface area contributed by atoms with Gasteiger partial charge in [0.15, 0.2) is 11.5 Å². The normalized spacial score (nSPS) is 17.4. The molecule has 49 heavy (non-hydrogen) atoms. The van der Waals surface area contributed by atoms with Crippen LogP contribution in [-0.4, -0.2) is 107 Å². The maximum atomic E-state index is 13.3. The van der Waals surface area contributed by atoms with Crippen LogP contribution < -0.4 is 4.90 Å². The van der Waals surface area contributed by atoms with Crippen molar-refractivity contribution in [1.82, 2.24) is 0 Å². The van der Waals surface area contributed by atoms with Gasteiger partial charge in [0.2, 0.25) is 0 Å². The second kappa shape index (κ2) is 21.6. The molecular formula is C31H43N2O13S3+. The molecule has 272 valence electrons. The Morgan fingerprint density at radius 3 is 2.04 bits per heavy atom. The van der Waals surface area contributed by atoms with Crippen LogP contribution in [0.25, 0.3) is 0 Å². The number of rotatable bonds is 23. The van der Waals surface area contributed by atoms with Gasteiger partial charge in [-0.25, -0.2) is 15.1 Å². The molecule has 1 saturated carbocycles.